The number of fused-ring (bicyclic) bond motifs is 2. The van der Waals surface area contributed by atoms with Crippen LogP contribution < -0.4 is 0 Å². The topological polar surface area (TPSA) is 87.2 Å². The van der Waals surface area contributed by atoms with Crippen molar-refractivity contribution in [1.29, 1.82) is 0 Å². The molecule has 4 aromatic heterocycles. The number of nitrogens with zero attached hydrogens (tertiary/aromatic N) is 8. The van der Waals surface area contributed by atoms with Crippen LogP contribution in [0.4, 0.5) is 0 Å². The summed E-state index contributed by atoms with van der Waals surface area (Å²) in [6.45, 7) is 0. The third-order valence-electron chi connectivity index (χ3n) is 14.8. The molecule has 8 nitrogen and oxygen atoms in total. The van der Waals surface area contributed by atoms with E-state index in [1.165, 1.54) is 33.4 Å². The lowest BCUT2D eigenvalue weighted by molar-refractivity contribution is 0.754. The Labute approximate surface area is 426 Å². The number of rotatable bonds is 8. The fourth-order valence-corrected chi connectivity index (χ4v) is 11.4. The molecule has 3 aliphatic carbocycles. The number of para-hydroxylation sites is 4. The maximum Gasteiger partial charge on any atom is 0.162 e. The Bertz CT molecular complexity index is 4040. The third kappa shape index (κ3) is 6.76. The van der Waals surface area contributed by atoms with Crippen LogP contribution in [-0.4, -0.2) is 39.0 Å². The maximum atomic E-state index is 5.44. The van der Waals surface area contributed by atoms with Gasteiger partial charge >= 0.3 is 0 Å². The van der Waals surface area contributed by atoms with Crippen molar-refractivity contribution in [2.75, 3.05) is 0 Å². The van der Waals surface area contributed by atoms with E-state index in [1.54, 1.807) is 0 Å². The zero-order chi connectivity index (χ0) is 48.7. The monoisotopic (exact) mass is 946 g/mol. The third-order valence-corrected chi connectivity index (χ3v) is 14.8. The molecule has 2 unspecified atom stereocenters. The summed E-state index contributed by atoms with van der Waals surface area (Å²) in [5.41, 5.74) is 19.1. The maximum absolute atomic E-state index is 5.44. The normalized spacial score (nSPS) is 14.2. The van der Waals surface area contributed by atoms with Gasteiger partial charge < -0.3 is 0 Å². The van der Waals surface area contributed by atoms with Crippen LogP contribution in [0.2, 0.25) is 0 Å². The molecule has 2 atom stereocenters. The molecule has 8 heteroatoms. The van der Waals surface area contributed by atoms with E-state index in [9.17, 15) is 0 Å². The molecule has 0 saturated carbocycles. The first-order chi connectivity index (χ1) is 36.7. The minimum Gasteiger partial charge on any atom is -0.276 e. The van der Waals surface area contributed by atoms with Crippen LogP contribution in [0.15, 0.2) is 243 Å². The first kappa shape index (κ1) is 41.8. The van der Waals surface area contributed by atoms with E-state index < -0.39 is 0 Å². The molecule has 0 saturated heterocycles. The summed E-state index contributed by atoms with van der Waals surface area (Å²) in [5.74, 6) is 4.44. The largest absolute Gasteiger partial charge is 0.276 e. The number of hydrogen-bond donors (Lipinski definition) is 0. The van der Waals surface area contributed by atoms with Gasteiger partial charge in [-0.05, 0) is 69.8 Å². The Kier molecular flexibility index (Phi) is 9.53. The van der Waals surface area contributed by atoms with Gasteiger partial charge in [0.05, 0.1) is 33.5 Å². The van der Waals surface area contributed by atoms with Gasteiger partial charge in [-0.2, -0.15) is 0 Å². The smallest absolute Gasteiger partial charge is 0.162 e. The van der Waals surface area contributed by atoms with Crippen molar-refractivity contribution in [2.45, 2.75) is 11.8 Å². The van der Waals surface area contributed by atoms with Crippen molar-refractivity contribution in [1.82, 2.24) is 39.0 Å². The Morgan fingerprint density at radius 2 is 0.608 bits per heavy atom. The van der Waals surface area contributed by atoms with Gasteiger partial charge in [-0.1, -0.05) is 194 Å². The van der Waals surface area contributed by atoms with E-state index in [4.69, 9.17) is 29.9 Å². The zero-order valence-corrected chi connectivity index (χ0v) is 39.8. The highest BCUT2D eigenvalue weighted by Gasteiger charge is 2.41. The van der Waals surface area contributed by atoms with Gasteiger partial charge in [0.15, 0.2) is 11.6 Å². The molecule has 16 rings (SSSR count). The molecule has 0 radical (unpaired) electrons. The second kappa shape index (κ2) is 16.9. The van der Waals surface area contributed by atoms with Gasteiger partial charge in [-0.3, -0.25) is 9.13 Å². The van der Waals surface area contributed by atoms with Crippen molar-refractivity contribution in [3.8, 4) is 79.7 Å². The molecule has 0 amide bonds. The summed E-state index contributed by atoms with van der Waals surface area (Å²) < 4.78 is 4.35. The molecule has 0 spiro atoms. The molecule has 2 bridgehead atoms. The van der Waals surface area contributed by atoms with Crippen LogP contribution in [0.1, 0.15) is 45.2 Å². The molecule has 0 N–H and O–H groups in total. The van der Waals surface area contributed by atoms with Gasteiger partial charge in [-0.15, -0.1) is 0 Å². The molecule has 4 heterocycles. The minimum absolute atomic E-state index is 0.00729. The first-order valence-corrected chi connectivity index (χ1v) is 25.0. The lowest BCUT2D eigenvalue weighted by Crippen LogP contribution is -2.27. The molecule has 0 aliphatic heterocycles. The lowest BCUT2D eigenvalue weighted by Gasteiger charge is -2.42. The van der Waals surface area contributed by atoms with Crippen LogP contribution >= 0.6 is 0 Å². The van der Waals surface area contributed by atoms with Crippen LogP contribution in [-0.2, 0) is 0 Å². The quantitative estimate of drug-likeness (QED) is 0.151. The average molecular weight is 947 g/mol. The Morgan fingerprint density at radius 3 is 1.03 bits per heavy atom. The van der Waals surface area contributed by atoms with E-state index in [2.05, 4.69) is 215 Å². The van der Waals surface area contributed by atoms with E-state index in [-0.39, 0.29) is 11.8 Å². The Balaban J connectivity index is 0.883. The Hall–Kier alpha value is -9.92. The van der Waals surface area contributed by atoms with Crippen molar-refractivity contribution >= 4 is 22.1 Å². The molecule has 13 aromatic rings. The summed E-state index contributed by atoms with van der Waals surface area (Å²) in [6.07, 6.45) is 0. The molecule has 74 heavy (non-hydrogen) atoms. The van der Waals surface area contributed by atoms with Gasteiger partial charge in [0, 0.05) is 57.3 Å². The standard InChI is InChI=1S/C66H42N8/c1-5-19-41(20-6-1)55-39-59(73-57-31-17-15-29-53(57)69-65(73)43-23-9-3-10-24-43)71-63(67-55)45-33-35-49-51(37-45)61-47-27-13-14-28-48(47)62(49)52-38-46(34-36-50(52)61)64-68-56(42-21-7-2-8-22-42)40-60(72-64)74-58-32-18-16-30-54(58)70-66(74)44-25-11-4-12-26-44/h1-40,61-62H. The van der Waals surface area contributed by atoms with Gasteiger partial charge in [0.1, 0.15) is 23.3 Å². The second-order valence-electron chi connectivity index (χ2n) is 19.0. The van der Waals surface area contributed by atoms with Gasteiger partial charge in [-0.25, -0.2) is 29.9 Å². The summed E-state index contributed by atoms with van der Waals surface area (Å²) in [4.78, 5) is 31.9. The predicted molar refractivity (Wildman–Crippen MR) is 294 cm³/mol. The summed E-state index contributed by atoms with van der Waals surface area (Å²) in [5, 5.41) is 0. The predicted octanol–water partition coefficient (Wildman–Crippen LogP) is 14.9. The van der Waals surface area contributed by atoms with E-state index in [1.807, 2.05) is 36.4 Å². The van der Waals surface area contributed by atoms with Crippen LogP contribution in [0.5, 0.6) is 0 Å². The molecular formula is C66H42N8. The number of imidazole rings is 2. The fraction of sp³-hybridized carbons (Fsp3) is 0.0303. The summed E-state index contributed by atoms with van der Waals surface area (Å²) >= 11 is 0. The molecular weight excluding hydrogens is 905 g/mol. The highest BCUT2D eigenvalue weighted by molar-refractivity contribution is 5.85. The second-order valence-corrected chi connectivity index (χ2v) is 19.0. The van der Waals surface area contributed by atoms with Crippen LogP contribution in [0.25, 0.3) is 102 Å². The van der Waals surface area contributed by atoms with Crippen molar-refractivity contribution < 1.29 is 0 Å². The highest BCUT2D eigenvalue weighted by Crippen LogP contribution is 2.56. The van der Waals surface area contributed by atoms with E-state index >= 15 is 0 Å². The number of hydrogen-bond acceptors (Lipinski definition) is 6. The number of benzene rings is 9. The summed E-state index contributed by atoms with van der Waals surface area (Å²) in [7, 11) is 0. The average Bonchev–Trinajstić information content (AvgIpc) is 4.13. The first-order valence-electron chi connectivity index (χ1n) is 25.0. The van der Waals surface area contributed by atoms with Gasteiger partial charge in [0.2, 0.25) is 0 Å². The molecule has 346 valence electrons. The van der Waals surface area contributed by atoms with Crippen LogP contribution in [0, 0.1) is 0 Å². The molecule has 9 aromatic carbocycles. The Morgan fingerprint density at radius 1 is 0.257 bits per heavy atom. The molecule has 0 fully saturated rings. The van der Waals surface area contributed by atoms with Crippen molar-refractivity contribution in [3.05, 3.63) is 276 Å². The molecule has 3 aliphatic rings. The lowest BCUT2D eigenvalue weighted by atomic mass is 9.61. The van der Waals surface area contributed by atoms with Gasteiger partial charge in [0.25, 0.3) is 0 Å². The van der Waals surface area contributed by atoms with Crippen LogP contribution in [0.3, 0.4) is 0 Å². The van der Waals surface area contributed by atoms with E-state index in [0.29, 0.717) is 11.6 Å². The van der Waals surface area contributed by atoms with Crippen molar-refractivity contribution in [3.63, 3.8) is 0 Å². The SMILES string of the molecule is c1ccc(-c2cc(-n3c(-c4ccccc4)nc4ccccc43)nc(-c3ccc4c(c3)C3c5ccccc5C4c4cc(-c5nc(-c6ccccc6)cc(-n6c(-c7ccccc7)nc7ccccc76)n5)ccc43)n2)cc1. The number of aromatic nitrogens is 8. The highest BCUT2D eigenvalue weighted by atomic mass is 15.2. The van der Waals surface area contributed by atoms with Crippen molar-refractivity contribution in [2.24, 2.45) is 0 Å². The van der Waals surface area contributed by atoms with E-state index in [0.717, 1.165) is 90.1 Å². The zero-order valence-electron chi connectivity index (χ0n) is 39.8. The minimum atomic E-state index is -0.00729. The fourth-order valence-electron chi connectivity index (χ4n) is 11.4. The summed E-state index contributed by atoms with van der Waals surface area (Å²) in [6, 6.07) is 84.8.